The molecule has 0 aromatic heterocycles. The predicted molar refractivity (Wildman–Crippen MR) is 165 cm³/mol. The van der Waals surface area contributed by atoms with Crippen molar-refractivity contribution >= 4 is 27.5 Å². The number of anilines is 1. The van der Waals surface area contributed by atoms with Gasteiger partial charge in [0.05, 0.1) is 26.2 Å². The highest BCUT2D eigenvalue weighted by Crippen LogP contribution is 2.31. The summed E-state index contributed by atoms with van der Waals surface area (Å²) in [5.41, 5.74) is 2.65. The van der Waals surface area contributed by atoms with Crippen LogP contribution >= 0.6 is 0 Å². The number of amides is 2. The van der Waals surface area contributed by atoms with Crippen LogP contribution in [0.25, 0.3) is 0 Å². The van der Waals surface area contributed by atoms with E-state index < -0.39 is 28.5 Å². The molecule has 9 nitrogen and oxygen atoms in total. The number of sulfonamides is 1. The van der Waals surface area contributed by atoms with E-state index in [1.807, 2.05) is 63.2 Å². The second-order valence-corrected chi connectivity index (χ2v) is 12.2. The molecule has 0 fully saturated rings. The number of aryl methyl sites for hydroxylation is 1. The molecule has 0 saturated carbocycles. The average molecular weight is 596 g/mol. The van der Waals surface area contributed by atoms with Crippen molar-refractivity contribution in [3.8, 4) is 11.5 Å². The highest BCUT2D eigenvalue weighted by molar-refractivity contribution is 7.92. The van der Waals surface area contributed by atoms with E-state index in [0.717, 1.165) is 27.3 Å². The van der Waals surface area contributed by atoms with E-state index in [9.17, 15) is 18.0 Å². The summed E-state index contributed by atoms with van der Waals surface area (Å²) in [7, 11) is -0.922. The molecule has 42 heavy (non-hydrogen) atoms. The van der Waals surface area contributed by atoms with Gasteiger partial charge < -0.3 is 19.7 Å². The minimum Gasteiger partial charge on any atom is -0.497 e. The first-order chi connectivity index (χ1) is 20.0. The van der Waals surface area contributed by atoms with Crippen molar-refractivity contribution < 1.29 is 27.5 Å². The largest absolute Gasteiger partial charge is 0.497 e. The van der Waals surface area contributed by atoms with Crippen molar-refractivity contribution in [3.63, 3.8) is 0 Å². The fraction of sp³-hybridized carbons (Fsp3) is 0.375. The lowest BCUT2D eigenvalue weighted by Gasteiger charge is -2.34. The minimum absolute atomic E-state index is 0.0595. The number of hydrogen-bond donors (Lipinski definition) is 1. The van der Waals surface area contributed by atoms with Crippen LogP contribution in [0.4, 0.5) is 5.69 Å². The summed E-state index contributed by atoms with van der Waals surface area (Å²) in [6.07, 6.45) is 2.00. The Morgan fingerprint density at radius 1 is 0.929 bits per heavy atom. The lowest BCUT2D eigenvalue weighted by molar-refractivity contribution is -0.140. The Morgan fingerprint density at radius 3 is 2.24 bits per heavy atom. The van der Waals surface area contributed by atoms with E-state index >= 15 is 0 Å². The molecule has 0 saturated heterocycles. The minimum atomic E-state index is -3.92. The number of nitrogens with one attached hydrogen (secondary N) is 1. The molecule has 2 atom stereocenters. The maximum absolute atomic E-state index is 14.3. The molecule has 1 N–H and O–H groups in total. The van der Waals surface area contributed by atoms with Crippen molar-refractivity contribution in [1.29, 1.82) is 0 Å². The third kappa shape index (κ3) is 8.72. The van der Waals surface area contributed by atoms with Crippen LogP contribution in [0, 0.1) is 6.92 Å². The van der Waals surface area contributed by atoms with Gasteiger partial charge in [-0.1, -0.05) is 55.5 Å². The van der Waals surface area contributed by atoms with E-state index in [-0.39, 0.29) is 30.6 Å². The number of methoxy groups -OCH3 is 2. The third-order valence-electron chi connectivity index (χ3n) is 7.04. The zero-order valence-corrected chi connectivity index (χ0v) is 26.0. The van der Waals surface area contributed by atoms with Crippen LogP contribution in [0.1, 0.15) is 37.0 Å². The maximum atomic E-state index is 14.3. The van der Waals surface area contributed by atoms with Gasteiger partial charge in [0.15, 0.2) is 0 Å². The molecule has 10 heteroatoms. The lowest BCUT2D eigenvalue weighted by Crippen LogP contribution is -2.54. The summed E-state index contributed by atoms with van der Waals surface area (Å²) in [5, 5.41) is 3.03. The van der Waals surface area contributed by atoms with Gasteiger partial charge in [-0.3, -0.25) is 13.9 Å². The first-order valence-electron chi connectivity index (χ1n) is 13.9. The number of hydrogen-bond acceptors (Lipinski definition) is 6. The number of carbonyl (C=O) groups is 2. The Balaban J connectivity index is 2.12. The molecule has 0 spiro atoms. The molecule has 0 bridgehead atoms. The summed E-state index contributed by atoms with van der Waals surface area (Å²) in [6, 6.07) is 20.8. The second kappa shape index (κ2) is 14.7. The van der Waals surface area contributed by atoms with Gasteiger partial charge in [0.2, 0.25) is 21.8 Å². The topological polar surface area (TPSA) is 105 Å². The van der Waals surface area contributed by atoms with Crippen molar-refractivity contribution in [2.24, 2.45) is 0 Å². The molecule has 2 amide bonds. The van der Waals surface area contributed by atoms with Crippen LogP contribution in [-0.4, -0.2) is 64.2 Å². The molecule has 226 valence electrons. The number of rotatable bonds is 14. The van der Waals surface area contributed by atoms with Gasteiger partial charge in [-0.25, -0.2) is 8.42 Å². The lowest BCUT2D eigenvalue weighted by atomic mass is 10.0. The van der Waals surface area contributed by atoms with Gasteiger partial charge in [0, 0.05) is 19.0 Å². The molecule has 3 aromatic rings. The highest BCUT2D eigenvalue weighted by atomic mass is 32.2. The first-order valence-corrected chi connectivity index (χ1v) is 15.7. The van der Waals surface area contributed by atoms with Crippen LogP contribution in [0.5, 0.6) is 11.5 Å². The molecular formula is C32H41N3O6S. The zero-order chi connectivity index (χ0) is 30.9. The molecular weight excluding hydrogens is 554 g/mol. The Morgan fingerprint density at radius 2 is 1.62 bits per heavy atom. The monoisotopic (exact) mass is 595 g/mol. The molecule has 0 unspecified atom stereocenters. The molecule has 0 aliphatic carbocycles. The number of benzene rings is 3. The van der Waals surface area contributed by atoms with E-state index in [2.05, 4.69) is 5.32 Å². The number of carbonyl (C=O) groups excluding carboxylic acids is 2. The highest BCUT2D eigenvalue weighted by Gasteiger charge is 2.34. The number of nitrogens with zero attached hydrogens (tertiary/aromatic N) is 2. The molecule has 0 aliphatic heterocycles. The zero-order valence-electron chi connectivity index (χ0n) is 25.2. The van der Waals surface area contributed by atoms with Gasteiger partial charge in [-0.2, -0.15) is 0 Å². The fourth-order valence-corrected chi connectivity index (χ4v) is 5.40. The van der Waals surface area contributed by atoms with Crippen LogP contribution in [0.2, 0.25) is 0 Å². The predicted octanol–water partition coefficient (Wildman–Crippen LogP) is 4.33. The van der Waals surface area contributed by atoms with Gasteiger partial charge in [-0.15, -0.1) is 0 Å². The van der Waals surface area contributed by atoms with Crippen molar-refractivity contribution in [1.82, 2.24) is 10.2 Å². The Labute approximate surface area is 249 Å². The summed E-state index contributed by atoms with van der Waals surface area (Å²) in [6.45, 7) is 5.24. The van der Waals surface area contributed by atoms with E-state index in [0.29, 0.717) is 17.9 Å². The Hall–Kier alpha value is -4.05. The van der Waals surface area contributed by atoms with Crippen LogP contribution in [0.3, 0.4) is 0 Å². The van der Waals surface area contributed by atoms with Crippen LogP contribution in [-0.2, 0) is 32.6 Å². The molecule has 0 heterocycles. The van der Waals surface area contributed by atoms with Gasteiger partial charge in [-0.05, 0) is 61.2 Å². The van der Waals surface area contributed by atoms with Crippen molar-refractivity contribution in [3.05, 3.63) is 89.5 Å². The molecule has 3 rings (SSSR count). The SMILES string of the molecule is CC[C@@H](C)NC(=O)[C@H](Cc1ccccc1)N(Cc1cccc(OC)c1)C(=O)CN(c1cc(C)ccc1OC)S(C)(=O)=O. The molecule has 0 aliphatic rings. The summed E-state index contributed by atoms with van der Waals surface area (Å²) >= 11 is 0. The standard InChI is InChI=1S/C32H41N3O6S/c1-7-24(3)33-32(37)29(20-25-12-9-8-10-13-25)34(21-26-14-11-15-27(19-26)40-4)31(36)22-35(42(6,38)39)28-18-23(2)16-17-30(28)41-5/h8-19,24,29H,7,20-22H2,1-6H3,(H,33,37)/t24-,29+/m1/s1. The van der Waals surface area contributed by atoms with Crippen LogP contribution < -0.4 is 19.1 Å². The second-order valence-electron chi connectivity index (χ2n) is 10.3. The molecule has 0 radical (unpaired) electrons. The summed E-state index contributed by atoms with van der Waals surface area (Å²) in [4.78, 5) is 29.5. The Kier molecular flexibility index (Phi) is 11.4. The fourth-order valence-electron chi connectivity index (χ4n) is 4.55. The summed E-state index contributed by atoms with van der Waals surface area (Å²) < 4.78 is 38.1. The maximum Gasteiger partial charge on any atom is 0.244 e. The van der Waals surface area contributed by atoms with Crippen molar-refractivity contribution in [2.75, 3.05) is 31.3 Å². The van der Waals surface area contributed by atoms with Crippen LogP contribution in [0.15, 0.2) is 72.8 Å². The van der Waals surface area contributed by atoms with Gasteiger partial charge >= 0.3 is 0 Å². The Bertz CT molecular complexity index is 1460. The van der Waals surface area contributed by atoms with E-state index in [1.54, 1.807) is 37.4 Å². The van der Waals surface area contributed by atoms with E-state index in [1.165, 1.54) is 12.0 Å². The summed E-state index contributed by atoms with van der Waals surface area (Å²) in [5.74, 6) is 0.0647. The third-order valence-corrected chi connectivity index (χ3v) is 8.17. The van der Waals surface area contributed by atoms with Gasteiger partial charge in [0.1, 0.15) is 24.1 Å². The van der Waals surface area contributed by atoms with Crippen molar-refractivity contribution in [2.45, 2.75) is 52.2 Å². The normalized spacial score (nSPS) is 12.6. The quantitative estimate of drug-likeness (QED) is 0.298. The molecule has 3 aromatic carbocycles. The smallest absolute Gasteiger partial charge is 0.244 e. The first kappa shape index (κ1) is 32.5. The van der Waals surface area contributed by atoms with E-state index in [4.69, 9.17) is 9.47 Å². The van der Waals surface area contributed by atoms with Gasteiger partial charge in [0.25, 0.3) is 0 Å². The number of ether oxygens (including phenoxy) is 2. The average Bonchev–Trinajstić information content (AvgIpc) is 2.97.